The summed E-state index contributed by atoms with van der Waals surface area (Å²) in [5, 5.41) is 29.1. The van der Waals surface area contributed by atoms with Crippen LogP contribution in [0.5, 0.6) is 5.75 Å². The average molecular weight is 241 g/mol. The largest absolute Gasteiger partial charge is 0.508 e. The number of carbonyl (C=O) groups is 1. The highest BCUT2D eigenvalue weighted by Crippen LogP contribution is 2.28. The number of rotatable bonds is 4. The Morgan fingerprint density at radius 3 is 2.59 bits per heavy atom. The van der Waals surface area contributed by atoms with Gasteiger partial charge in [-0.05, 0) is 6.07 Å². The number of phenols is 1. The summed E-state index contributed by atoms with van der Waals surface area (Å²) in [6.45, 7) is -0.523. The normalized spacial score (nSPS) is 10.0. The molecule has 0 aliphatic rings. The van der Waals surface area contributed by atoms with Gasteiger partial charge in [-0.15, -0.1) is 0 Å². The van der Waals surface area contributed by atoms with Gasteiger partial charge in [-0.3, -0.25) is 14.9 Å². The molecular weight excluding hydrogens is 230 g/mol. The van der Waals surface area contributed by atoms with E-state index >= 15 is 0 Å². The lowest BCUT2D eigenvalue weighted by Gasteiger charge is -2.06. The van der Waals surface area contributed by atoms with Gasteiger partial charge in [0.15, 0.2) is 0 Å². The van der Waals surface area contributed by atoms with Gasteiger partial charge in [-0.1, -0.05) is 0 Å². The Hall–Kier alpha value is -2.15. The maximum absolute atomic E-state index is 11.0. The standard InChI is InChI=1S/C10H11NO6/c1-17-10(14)4-6-3-9(13)7(5-12)2-8(6)11(15)16/h2-3,12-13H,4-5H2,1H3. The first-order chi connectivity index (χ1) is 7.99. The van der Waals surface area contributed by atoms with Gasteiger partial charge in [0.25, 0.3) is 5.69 Å². The molecule has 0 fully saturated rings. The molecule has 1 aromatic carbocycles. The topological polar surface area (TPSA) is 110 Å². The summed E-state index contributed by atoms with van der Waals surface area (Å²) < 4.78 is 4.39. The van der Waals surface area contributed by atoms with Crippen molar-refractivity contribution >= 4 is 11.7 Å². The molecule has 0 aromatic heterocycles. The molecular formula is C10H11NO6. The second-order valence-electron chi connectivity index (χ2n) is 3.28. The van der Waals surface area contributed by atoms with Crippen molar-refractivity contribution < 1.29 is 24.7 Å². The number of benzene rings is 1. The van der Waals surface area contributed by atoms with Crippen LogP contribution in [0.15, 0.2) is 12.1 Å². The average Bonchev–Trinajstić information content (AvgIpc) is 2.28. The first-order valence-electron chi connectivity index (χ1n) is 4.66. The Kier molecular flexibility index (Phi) is 4.00. The van der Waals surface area contributed by atoms with E-state index in [2.05, 4.69) is 4.74 Å². The molecule has 0 saturated carbocycles. The van der Waals surface area contributed by atoms with Crippen molar-refractivity contribution in [3.05, 3.63) is 33.4 Å². The number of hydrogen-bond donors (Lipinski definition) is 2. The third-order valence-electron chi connectivity index (χ3n) is 2.21. The van der Waals surface area contributed by atoms with Crippen LogP contribution in [0.4, 0.5) is 5.69 Å². The van der Waals surface area contributed by atoms with E-state index < -0.39 is 17.5 Å². The quantitative estimate of drug-likeness (QED) is 0.451. The summed E-state index contributed by atoms with van der Waals surface area (Å²) >= 11 is 0. The van der Waals surface area contributed by atoms with Crippen LogP contribution < -0.4 is 0 Å². The van der Waals surface area contributed by atoms with Crippen LogP contribution in [0.3, 0.4) is 0 Å². The van der Waals surface area contributed by atoms with Crippen LogP contribution in [0.2, 0.25) is 0 Å². The number of nitro groups is 1. The Labute approximate surface area is 96.4 Å². The lowest BCUT2D eigenvalue weighted by atomic mass is 10.1. The number of ether oxygens (including phenoxy) is 1. The van der Waals surface area contributed by atoms with E-state index in [4.69, 9.17) is 5.11 Å². The summed E-state index contributed by atoms with van der Waals surface area (Å²) in [4.78, 5) is 21.1. The summed E-state index contributed by atoms with van der Waals surface area (Å²) in [6, 6.07) is 2.12. The van der Waals surface area contributed by atoms with Gasteiger partial charge < -0.3 is 14.9 Å². The summed E-state index contributed by atoms with van der Waals surface area (Å²) in [6.07, 6.45) is -0.313. The molecule has 17 heavy (non-hydrogen) atoms. The van der Waals surface area contributed by atoms with Gasteiger partial charge in [0.1, 0.15) is 5.75 Å². The lowest BCUT2D eigenvalue weighted by Crippen LogP contribution is -2.07. The zero-order chi connectivity index (χ0) is 13.0. The van der Waals surface area contributed by atoms with Gasteiger partial charge in [-0.2, -0.15) is 0 Å². The van der Waals surface area contributed by atoms with Crippen molar-refractivity contribution in [2.75, 3.05) is 7.11 Å². The number of carbonyl (C=O) groups excluding carboxylic acids is 1. The fourth-order valence-electron chi connectivity index (χ4n) is 1.33. The van der Waals surface area contributed by atoms with Crippen molar-refractivity contribution in [3.63, 3.8) is 0 Å². The van der Waals surface area contributed by atoms with Crippen molar-refractivity contribution in [3.8, 4) is 5.75 Å². The van der Waals surface area contributed by atoms with Crippen LogP contribution in [0.1, 0.15) is 11.1 Å². The van der Waals surface area contributed by atoms with E-state index in [1.54, 1.807) is 0 Å². The molecule has 0 saturated heterocycles. The smallest absolute Gasteiger partial charge is 0.310 e. The minimum Gasteiger partial charge on any atom is -0.508 e. The van der Waals surface area contributed by atoms with E-state index in [1.807, 2.05) is 0 Å². The molecule has 0 bridgehead atoms. The number of aliphatic hydroxyl groups excluding tert-OH is 1. The predicted octanol–water partition coefficient (Wildman–Crippen LogP) is 0.508. The molecule has 0 amide bonds. The zero-order valence-corrected chi connectivity index (χ0v) is 9.04. The van der Waals surface area contributed by atoms with Crippen LogP contribution >= 0.6 is 0 Å². The van der Waals surface area contributed by atoms with Crippen molar-refractivity contribution in [1.29, 1.82) is 0 Å². The van der Waals surface area contributed by atoms with Crippen molar-refractivity contribution in [2.24, 2.45) is 0 Å². The number of aromatic hydroxyl groups is 1. The number of nitro benzene ring substituents is 1. The fraction of sp³-hybridized carbons (Fsp3) is 0.300. The lowest BCUT2D eigenvalue weighted by molar-refractivity contribution is -0.385. The molecule has 1 rings (SSSR count). The highest BCUT2D eigenvalue weighted by atomic mass is 16.6. The van der Waals surface area contributed by atoms with E-state index in [1.165, 1.54) is 0 Å². The molecule has 0 aliphatic heterocycles. The van der Waals surface area contributed by atoms with E-state index in [0.717, 1.165) is 19.2 Å². The summed E-state index contributed by atoms with van der Waals surface area (Å²) in [5.74, 6) is -0.943. The first kappa shape index (κ1) is 12.9. The highest BCUT2D eigenvalue weighted by molar-refractivity contribution is 5.74. The van der Waals surface area contributed by atoms with Crippen molar-refractivity contribution in [1.82, 2.24) is 0 Å². The molecule has 0 aliphatic carbocycles. The molecule has 0 atom stereocenters. The first-order valence-corrected chi connectivity index (χ1v) is 4.66. The molecule has 0 radical (unpaired) electrons. The third kappa shape index (κ3) is 2.91. The number of nitrogens with zero attached hydrogens (tertiary/aromatic N) is 1. The maximum atomic E-state index is 11.0. The minimum atomic E-state index is -0.684. The molecule has 0 heterocycles. The Bertz CT molecular complexity index is 456. The van der Waals surface area contributed by atoms with Gasteiger partial charge >= 0.3 is 5.97 Å². The highest BCUT2D eigenvalue weighted by Gasteiger charge is 2.20. The van der Waals surface area contributed by atoms with Crippen LogP contribution in [-0.4, -0.2) is 28.2 Å². The summed E-state index contributed by atoms with van der Waals surface area (Å²) in [7, 11) is 1.16. The molecule has 0 spiro atoms. The van der Waals surface area contributed by atoms with E-state index in [9.17, 15) is 20.0 Å². The number of methoxy groups -OCH3 is 1. The number of hydrogen-bond acceptors (Lipinski definition) is 6. The van der Waals surface area contributed by atoms with Crippen LogP contribution in [0, 0.1) is 10.1 Å². The predicted molar refractivity (Wildman–Crippen MR) is 56.4 cm³/mol. The van der Waals surface area contributed by atoms with Crippen LogP contribution in [-0.2, 0) is 22.6 Å². The van der Waals surface area contributed by atoms with Crippen molar-refractivity contribution in [2.45, 2.75) is 13.0 Å². The molecule has 1 aromatic rings. The van der Waals surface area contributed by atoms with Gasteiger partial charge in [-0.25, -0.2) is 0 Å². The molecule has 2 N–H and O–H groups in total. The number of aliphatic hydroxyl groups is 1. The minimum absolute atomic E-state index is 0.0327. The SMILES string of the molecule is COC(=O)Cc1cc(O)c(CO)cc1[N+](=O)[O-]. The maximum Gasteiger partial charge on any atom is 0.310 e. The molecule has 7 heteroatoms. The second kappa shape index (κ2) is 5.26. The van der Waals surface area contributed by atoms with Gasteiger partial charge in [0, 0.05) is 17.2 Å². The third-order valence-corrected chi connectivity index (χ3v) is 2.21. The molecule has 7 nitrogen and oxygen atoms in total. The molecule has 92 valence electrons. The second-order valence-corrected chi connectivity index (χ2v) is 3.28. The fourth-order valence-corrected chi connectivity index (χ4v) is 1.33. The summed E-state index contributed by atoms with van der Waals surface area (Å²) in [5.41, 5.74) is -0.265. The monoisotopic (exact) mass is 241 g/mol. The van der Waals surface area contributed by atoms with Gasteiger partial charge in [0.2, 0.25) is 0 Å². The van der Waals surface area contributed by atoms with Gasteiger partial charge in [0.05, 0.1) is 25.1 Å². The van der Waals surface area contributed by atoms with E-state index in [0.29, 0.717) is 0 Å². The van der Waals surface area contributed by atoms with E-state index in [-0.39, 0.29) is 29.0 Å². The zero-order valence-electron chi connectivity index (χ0n) is 9.04. The Morgan fingerprint density at radius 2 is 2.12 bits per heavy atom. The van der Waals surface area contributed by atoms with Crippen LogP contribution in [0.25, 0.3) is 0 Å². The Morgan fingerprint density at radius 1 is 1.47 bits per heavy atom. The Balaban J connectivity index is 3.23. The number of esters is 1. The molecule has 0 unspecified atom stereocenters.